The zero-order chi connectivity index (χ0) is 18.1. The number of nitrogens with zero attached hydrogens (tertiary/aromatic N) is 3. The normalized spacial score (nSPS) is 23.3. The number of halogens is 1. The molecule has 1 aromatic rings. The Morgan fingerprint density at radius 3 is 2.84 bits per heavy atom. The highest BCUT2D eigenvalue weighted by Gasteiger charge is 2.38. The van der Waals surface area contributed by atoms with Crippen molar-refractivity contribution < 1.29 is 14.0 Å². The van der Waals surface area contributed by atoms with Crippen molar-refractivity contribution in [1.82, 2.24) is 14.7 Å². The summed E-state index contributed by atoms with van der Waals surface area (Å²) in [6.45, 7) is 4.50. The number of fused-ring (bicyclic) bond motifs is 1. The van der Waals surface area contributed by atoms with Crippen LogP contribution in [0.4, 0.5) is 4.39 Å². The van der Waals surface area contributed by atoms with Gasteiger partial charge in [0.2, 0.25) is 11.8 Å². The Balaban J connectivity index is 1.69. The van der Waals surface area contributed by atoms with E-state index in [9.17, 15) is 14.0 Å². The number of amides is 2. The number of hydrogen-bond donors (Lipinski definition) is 0. The van der Waals surface area contributed by atoms with Crippen LogP contribution in [0.3, 0.4) is 0 Å². The van der Waals surface area contributed by atoms with Crippen LogP contribution in [0.5, 0.6) is 0 Å². The molecule has 0 aliphatic carbocycles. The molecule has 1 aromatic carbocycles. The molecule has 1 fully saturated rings. The highest BCUT2D eigenvalue weighted by molar-refractivity contribution is 5.89. The van der Waals surface area contributed by atoms with Crippen molar-refractivity contribution in [3.05, 3.63) is 35.1 Å². The van der Waals surface area contributed by atoms with Crippen molar-refractivity contribution in [2.75, 3.05) is 40.3 Å². The number of likely N-dealkylation sites (tertiary alicyclic amines) is 1. The SMILES string of the molecule is C[C@@H]1c2cc(F)ccc2CCN1C(=O)[C@H]1CC(=O)N(CCN(C)C)C1. The maximum Gasteiger partial charge on any atom is 0.228 e. The monoisotopic (exact) mass is 347 g/mol. The van der Waals surface area contributed by atoms with E-state index in [0.717, 1.165) is 24.1 Å². The van der Waals surface area contributed by atoms with E-state index in [2.05, 4.69) is 0 Å². The molecule has 5 nitrogen and oxygen atoms in total. The molecule has 0 radical (unpaired) electrons. The predicted molar refractivity (Wildman–Crippen MR) is 93.5 cm³/mol. The predicted octanol–water partition coefficient (Wildman–Crippen LogP) is 1.68. The molecule has 0 unspecified atom stereocenters. The van der Waals surface area contributed by atoms with E-state index in [4.69, 9.17) is 0 Å². The summed E-state index contributed by atoms with van der Waals surface area (Å²) in [5.41, 5.74) is 1.99. The quantitative estimate of drug-likeness (QED) is 0.832. The van der Waals surface area contributed by atoms with Gasteiger partial charge in [-0.25, -0.2) is 4.39 Å². The first-order valence-corrected chi connectivity index (χ1v) is 8.88. The average Bonchev–Trinajstić information content (AvgIpc) is 2.94. The number of benzene rings is 1. The Morgan fingerprint density at radius 2 is 2.12 bits per heavy atom. The van der Waals surface area contributed by atoms with Crippen LogP contribution in [0.25, 0.3) is 0 Å². The van der Waals surface area contributed by atoms with E-state index in [1.54, 1.807) is 4.90 Å². The Hall–Kier alpha value is -1.95. The third kappa shape index (κ3) is 3.68. The van der Waals surface area contributed by atoms with Gasteiger partial charge in [-0.3, -0.25) is 9.59 Å². The largest absolute Gasteiger partial charge is 0.341 e. The highest BCUT2D eigenvalue weighted by atomic mass is 19.1. The lowest BCUT2D eigenvalue weighted by molar-refractivity contribution is -0.138. The van der Waals surface area contributed by atoms with Gasteiger partial charge in [0, 0.05) is 32.6 Å². The van der Waals surface area contributed by atoms with E-state index in [-0.39, 0.29) is 36.0 Å². The lowest BCUT2D eigenvalue weighted by Crippen LogP contribution is -2.43. The minimum atomic E-state index is -0.285. The average molecular weight is 347 g/mol. The summed E-state index contributed by atoms with van der Waals surface area (Å²) in [4.78, 5) is 30.8. The van der Waals surface area contributed by atoms with Crippen LogP contribution in [0.15, 0.2) is 18.2 Å². The molecule has 136 valence electrons. The Kier molecular flexibility index (Phi) is 5.08. The molecule has 0 saturated carbocycles. The maximum atomic E-state index is 13.6. The summed E-state index contributed by atoms with van der Waals surface area (Å²) in [6, 6.07) is 4.66. The van der Waals surface area contributed by atoms with Gasteiger partial charge in [0.05, 0.1) is 12.0 Å². The van der Waals surface area contributed by atoms with Gasteiger partial charge < -0.3 is 14.7 Å². The van der Waals surface area contributed by atoms with Gasteiger partial charge in [0.25, 0.3) is 0 Å². The fourth-order valence-corrected chi connectivity index (χ4v) is 3.79. The molecule has 0 N–H and O–H groups in total. The molecule has 2 heterocycles. The zero-order valence-electron chi connectivity index (χ0n) is 15.2. The van der Waals surface area contributed by atoms with Crippen molar-refractivity contribution in [2.45, 2.75) is 25.8 Å². The van der Waals surface area contributed by atoms with Crippen LogP contribution < -0.4 is 0 Å². The second-order valence-corrected chi connectivity index (χ2v) is 7.34. The summed E-state index contributed by atoms with van der Waals surface area (Å²) in [7, 11) is 3.93. The molecule has 1 saturated heterocycles. The van der Waals surface area contributed by atoms with Crippen LogP contribution in [0, 0.1) is 11.7 Å². The van der Waals surface area contributed by atoms with E-state index >= 15 is 0 Å². The second kappa shape index (κ2) is 7.12. The molecule has 0 spiro atoms. The van der Waals surface area contributed by atoms with Gasteiger partial charge >= 0.3 is 0 Å². The number of likely N-dealkylation sites (N-methyl/N-ethyl adjacent to an activating group) is 1. The molecule has 25 heavy (non-hydrogen) atoms. The summed E-state index contributed by atoms with van der Waals surface area (Å²) in [5, 5.41) is 0. The van der Waals surface area contributed by atoms with E-state index < -0.39 is 0 Å². The fraction of sp³-hybridized carbons (Fsp3) is 0.579. The van der Waals surface area contributed by atoms with Gasteiger partial charge in [0.1, 0.15) is 5.82 Å². The number of carbonyl (C=O) groups is 2. The first-order chi connectivity index (χ1) is 11.9. The molecule has 6 heteroatoms. The Bertz CT molecular complexity index is 677. The first kappa shape index (κ1) is 17.9. The molecule has 0 bridgehead atoms. The van der Waals surface area contributed by atoms with Crippen LogP contribution in [0.1, 0.15) is 30.5 Å². The summed E-state index contributed by atoms with van der Waals surface area (Å²) in [6.07, 6.45) is 1.02. The van der Waals surface area contributed by atoms with Crippen molar-refractivity contribution in [3.63, 3.8) is 0 Å². The summed E-state index contributed by atoms with van der Waals surface area (Å²) < 4.78 is 13.6. The topological polar surface area (TPSA) is 43.9 Å². The molecule has 2 amide bonds. The number of rotatable bonds is 4. The molecule has 3 rings (SSSR count). The van der Waals surface area contributed by atoms with Crippen molar-refractivity contribution >= 4 is 11.8 Å². The zero-order valence-corrected chi connectivity index (χ0v) is 15.2. The lowest BCUT2D eigenvalue weighted by atomic mass is 9.92. The first-order valence-electron chi connectivity index (χ1n) is 8.88. The van der Waals surface area contributed by atoms with Crippen LogP contribution in [0.2, 0.25) is 0 Å². The minimum absolute atomic E-state index is 0.0168. The smallest absolute Gasteiger partial charge is 0.228 e. The molecular weight excluding hydrogens is 321 g/mol. The van der Waals surface area contributed by atoms with E-state index in [0.29, 0.717) is 19.6 Å². The summed E-state index contributed by atoms with van der Waals surface area (Å²) in [5.74, 6) is -0.488. The van der Waals surface area contributed by atoms with Gasteiger partial charge in [0.15, 0.2) is 0 Å². The van der Waals surface area contributed by atoms with Crippen molar-refractivity contribution in [1.29, 1.82) is 0 Å². The fourth-order valence-electron chi connectivity index (χ4n) is 3.79. The van der Waals surface area contributed by atoms with Gasteiger partial charge in [-0.1, -0.05) is 6.07 Å². The molecule has 2 aliphatic heterocycles. The number of carbonyl (C=O) groups excluding carboxylic acids is 2. The number of hydrogen-bond acceptors (Lipinski definition) is 3. The lowest BCUT2D eigenvalue weighted by Gasteiger charge is -2.36. The van der Waals surface area contributed by atoms with Crippen LogP contribution in [-0.4, -0.2) is 66.8 Å². The Morgan fingerprint density at radius 1 is 1.36 bits per heavy atom. The molecule has 0 aromatic heterocycles. The van der Waals surface area contributed by atoms with Gasteiger partial charge in [-0.2, -0.15) is 0 Å². The molecule has 2 atom stereocenters. The molecular formula is C19H26FN3O2. The second-order valence-electron chi connectivity index (χ2n) is 7.34. The highest BCUT2D eigenvalue weighted by Crippen LogP contribution is 2.32. The van der Waals surface area contributed by atoms with Gasteiger partial charge in [-0.05, 0) is 50.7 Å². The Labute approximate surface area is 148 Å². The third-order valence-corrected chi connectivity index (χ3v) is 5.31. The van der Waals surface area contributed by atoms with E-state index in [1.807, 2.05) is 36.9 Å². The third-order valence-electron chi connectivity index (χ3n) is 5.31. The van der Waals surface area contributed by atoms with Gasteiger partial charge in [-0.15, -0.1) is 0 Å². The minimum Gasteiger partial charge on any atom is -0.341 e. The van der Waals surface area contributed by atoms with Crippen LogP contribution >= 0.6 is 0 Å². The molecule has 2 aliphatic rings. The van der Waals surface area contributed by atoms with E-state index in [1.165, 1.54) is 12.1 Å². The van der Waals surface area contributed by atoms with Crippen molar-refractivity contribution in [3.8, 4) is 0 Å². The summed E-state index contributed by atoms with van der Waals surface area (Å²) >= 11 is 0. The van der Waals surface area contributed by atoms with Crippen LogP contribution in [-0.2, 0) is 16.0 Å². The van der Waals surface area contributed by atoms with Crippen molar-refractivity contribution in [2.24, 2.45) is 5.92 Å². The standard InChI is InChI=1S/C19H26FN3O2/c1-13-17-11-16(20)5-4-14(17)6-7-23(13)19(25)15-10-18(24)22(12-15)9-8-21(2)3/h4-5,11,13,15H,6-10,12H2,1-3H3/t13-,15+/m1/s1. The maximum absolute atomic E-state index is 13.6.